The van der Waals surface area contributed by atoms with E-state index in [1.165, 1.54) is 11.8 Å². The molecule has 1 spiro atoms. The lowest BCUT2D eigenvalue weighted by Gasteiger charge is -2.23. The maximum absolute atomic E-state index is 11.8. The van der Waals surface area contributed by atoms with Crippen molar-refractivity contribution in [2.75, 3.05) is 30.2 Å². The van der Waals surface area contributed by atoms with Gasteiger partial charge in [0.25, 0.3) is 0 Å². The summed E-state index contributed by atoms with van der Waals surface area (Å²) in [6, 6.07) is 7.86. The number of fused-ring (bicyclic) bond motifs is 2. The highest BCUT2D eigenvalue weighted by Gasteiger charge is 2.46. The van der Waals surface area contributed by atoms with Gasteiger partial charge in [-0.15, -0.1) is 0 Å². The average Bonchev–Trinajstić information content (AvgIpc) is 2.99. The van der Waals surface area contributed by atoms with Gasteiger partial charge in [0.15, 0.2) is 0 Å². The summed E-state index contributed by atoms with van der Waals surface area (Å²) in [5, 5.41) is 3.35. The molecule has 1 atom stereocenters. The van der Waals surface area contributed by atoms with Crippen LogP contribution in [0.4, 0.5) is 5.69 Å². The molecule has 4 nitrogen and oxygen atoms in total. The zero-order chi connectivity index (χ0) is 14.1. The van der Waals surface area contributed by atoms with Crippen LogP contribution in [0.15, 0.2) is 24.3 Å². The van der Waals surface area contributed by atoms with E-state index in [1.54, 1.807) is 4.31 Å². The molecule has 0 radical (unpaired) electrons. The predicted octanol–water partition coefficient (Wildman–Crippen LogP) is 1.72. The molecule has 1 aromatic carbocycles. The van der Waals surface area contributed by atoms with Crippen LogP contribution in [0, 0.1) is 0 Å². The van der Waals surface area contributed by atoms with E-state index in [1.807, 2.05) is 32.0 Å². The molecule has 0 saturated carbocycles. The number of hydrogen-bond donors (Lipinski definition) is 1. The van der Waals surface area contributed by atoms with Gasteiger partial charge in [0.1, 0.15) is 0 Å². The Morgan fingerprint density at radius 1 is 1.26 bits per heavy atom. The van der Waals surface area contributed by atoms with E-state index in [-0.39, 0.29) is 5.41 Å². The number of nitrogens with one attached hydrogen (secondary N) is 1. The normalized spacial score (nSPS) is 25.1. The summed E-state index contributed by atoms with van der Waals surface area (Å²) in [4.78, 5) is 0. The number of benzene rings is 1. The fraction of sp³-hybridized carbons (Fsp3) is 0.571. The Balaban J connectivity index is 0.000000637. The highest BCUT2D eigenvalue weighted by molar-refractivity contribution is 7.92. The maximum atomic E-state index is 11.8. The van der Waals surface area contributed by atoms with E-state index < -0.39 is 10.0 Å². The average molecular weight is 282 g/mol. The Morgan fingerprint density at radius 2 is 1.95 bits per heavy atom. The van der Waals surface area contributed by atoms with Gasteiger partial charge in [-0.3, -0.25) is 4.31 Å². The molecule has 1 unspecified atom stereocenters. The van der Waals surface area contributed by atoms with E-state index >= 15 is 0 Å². The standard InChI is InChI=1S/C12H16N2O2S.C2H6/c1-17(15,16)14-9-12(6-7-13-8-12)10-4-2-3-5-11(10)14;1-2/h2-5,13H,6-9H2,1H3;1-2H3. The van der Waals surface area contributed by atoms with Gasteiger partial charge in [0, 0.05) is 18.5 Å². The first-order chi connectivity index (χ1) is 9.03. The summed E-state index contributed by atoms with van der Waals surface area (Å²) in [7, 11) is -3.17. The van der Waals surface area contributed by atoms with Gasteiger partial charge in [0.2, 0.25) is 10.0 Å². The van der Waals surface area contributed by atoms with Gasteiger partial charge >= 0.3 is 0 Å². The molecule has 1 saturated heterocycles. The zero-order valence-corrected chi connectivity index (χ0v) is 12.6. The fourth-order valence-corrected chi connectivity index (χ4v) is 3.99. The molecule has 2 heterocycles. The molecule has 106 valence electrons. The van der Waals surface area contributed by atoms with Crippen molar-refractivity contribution in [3.8, 4) is 0 Å². The first-order valence-corrected chi connectivity index (χ1v) is 8.66. The summed E-state index contributed by atoms with van der Waals surface area (Å²) in [5.41, 5.74) is 2.02. The Morgan fingerprint density at radius 3 is 2.53 bits per heavy atom. The minimum absolute atomic E-state index is 0.0142. The van der Waals surface area contributed by atoms with Gasteiger partial charge < -0.3 is 5.32 Å². The quantitative estimate of drug-likeness (QED) is 0.853. The van der Waals surface area contributed by atoms with E-state index in [9.17, 15) is 8.42 Å². The lowest BCUT2D eigenvalue weighted by molar-refractivity contribution is 0.507. The molecule has 3 rings (SSSR count). The first-order valence-electron chi connectivity index (χ1n) is 6.81. The van der Waals surface area contributed by atoms with Crippen molar-refractivity contribution in [3.05, 3.63) is 29.8 Å². The van der Waals surface area contributed by atoms with Gasteiger partial charge in [-0.1, -0.05) is 32.0 Å². The lowest BCUT2D eigenvalue weighted by atomic mass is 9.82. The molecule has 5 heteroatoms. The molecular formula is C14H22N2O2S. The van der Waals surface area contributed by atoms with Gasteiger partial charge in [-0.25, -0.2) is 8.42 Å². The molecule has 0 bridgehead atoms. The Hall–Kier alpha value is -1.07. The Bertz CT molecular complexity index is 548. The number of hydrogen-bond acceptors (Lipinski definition) is 3. The van der Waals surface area contributed by atoms with Crippen LogP contribution in [0.3, 0.4) is 0 Å². The molecule has 1 aromatic rings. The van der Waals surface area contributed by atoms with Crippen LogP contribution in [-0.4, -0.2) is 34.3 Å². The zero-order valence-electron chi connectivity index (χ0n) is 11.8. The monoisotopic (exact) mass is 282 g/mol. The second-order valence-electron chi connectivity index (χ2n) is 4.99. The van der Waals surface area contributed by atoms with E-state index in [0.29, 0.717) is 6.54 Å². The number of nitrogens with zero attached hydrogens (tertiary/aromatic N) is 1. The van der Waals surface area contributed by atoms with Crippen molar-refractivity contribution in [1.29, 1.82) is 0 Å². The van der Waals surface area contributed by atoms with Crippen LogP contribution in [0.25, 0.3) is 0 Å². The maximum Gasteiger partial charge on any atom is 0.232 e. The number of anilines is 1. The van der Waals surface area contributed by atoms with Crippen LogP contribution in [0.5, 0.6) is 0 Å². The van der Waals surface area contributed by atoms with Crippen LogP contribution in [-0.2, 0) is 15.4 Å². The summed E-state index contributed by atoms with van der Waals surface area (Å²) in [5.74, 6) is 0. The number of para-hydroxylation sites is 1. The molecule has 0 aromatic heterocycles. The van der Waals surface area contributed by atoms with Gasteiger partial charge in [-0.2, -0.15) is 0 Å². The lowest BCUT2D eigenvalue weighted by Crippen LogP contribution is -2.37. The molecule has 1 N–H and O–H groups in total. The Kier molecular flexibility index (Phi) is 3.87. The van der Waals surface area contributed by atoms with E-state index in [4.69, 9.17) is 0 Å². The summed E-state index contributed by atoms with van der Waals surface area (Å²) in [6.07, 6.45) is 2.29. The third kappa shape index (κ3) is 2.37. The van der Waals surface area contributed by atoms with Gasteiger partial charge in [0.05, 0.1) is 11.9 Å². The highest BCUT2D eigenvalue weighted by Crippen LogP contribution is 2.45. The minimum atomic E-state index is -3.17. The minimum Gasteiger partial charge on any atom is -0.316 e. The molecule has 0 amide bonds. The van der Waals surface area contributed by atoms with Crippen LogP contribution in [0.1, 0.15) is 25.8 Å². The smallest absolute Gasteiger partial charge is 0.232 e. The molecular weight excluding hydrogens is 260 g/mol. The van der Waals surface area contributed by atoms with Crippen LogP contribution < -0.4 is 9.62 Å². The SMILES string of the molecule is CC.CS(=O)(=O)N1CC2(CCNC2)c2ccccc21. The molecule has 2 aliphatic rings. The second-order valence-corrected chi connectivity index (χ2v) is 6.90. The van der Waals surface area contributed by atoms with Crippen molar-refractivity contribution in [2.45, 2.75) is 25.7 Å². The molecule has 2 aliphatic heterocycles. The van der Waals surface area contributed by atoms with Crippen molar-refractivity contribution in [2.24, 2.45) is 0 Å². The predicted molar refractivity (Wildman–Crippen MR) is 79.1 cm³/mol. The number of sulfonamides is 1. The van der Waals surface area contributed by atoms with Crippen LogP contribution >= 0.6 is 0 Å². The van der Waals surface area contributed by atoms with Crippen LogP contribution in [0.2, 0.25) is 0 Å². The van der Waals surface area contributed by atoms with E-state index in [2.05, 4.69) is 11.4 Å². The summed E-state index contributed by atoms with van der Waals surface area (Å²) in [6.45, 7) is 6.42. The van der Waals surface area contributed by atoms with Crippen molar-refractivity contribution in [3.63, 3.8) is 0 Å². The molecule has 0 aliphatic carbocycles. The fourth-order valence-electron chi connectivity index (χ4n) is 2.99. The molecule has 1 fully saturated rings. The Labute approximate surface area is 115 Å². The number of rotatable bonds is 1. The van der Waals surface area contributed by atoms with Crippen molar-refractivity contribution in [1.82, 2.24) is 5.32 Å². The topological polar surface area (TPSA) is 49.4 Å². The van der Waals surface area contributed by atoms with Crippen molar-refractivity contribution >= 4 is 15.7 Å². The van der Waals surface area contributed by atoms with Gasteiger partial charge in [-0.05, 0) is 24.6 Å². The summed E-state index contributed by atoms with van der Waals surface area (Å²) >= 11 is 0. The molecule has 19 heavy (non-hydrogen) atoms. The summed E-state index contributed by atoms with van der Waals surface area (Å²) < 4.78 is 25.2. The third-order valence-corrected chi connectivity index (χ3v) is 4.96. The second kappa shape index (κ2) is 5.13. The largest absolute Gasteiger partial charge is 0.316 e. The van der Waals surface area contributed by atoms with Crippen molar-refractivity contribution < 1.29 is 8.42 Å². The van der Waals surface area contributed by atoms with E-state index in [0.717, 1.165) is 25.2 Å². The third-order valence-electron chi connectivity index (χ3n) is 3.83. The first kappa shape index (κ1) is 14.3. The highest BCUT2D eigenvalue weighted by atomic mass is 32.2.